The zero-order chi connectivity index (χ0) is 14.1. The number of aromatic nitrogens is 3. The third-order valence-corrected chi connectivity index (χ3v) is 2.93. The number of para-hydroxylation sites is 1. The molecular formula is C14H11FN4O. The minimum Gasteiger partial charge on any atom is -0.319 e. The summed E-state index contributed by atoms with van der Waals surface area (Å²) in [6, 6.07) is 10.1. The average molecular weight is 270 g/mol. The maximum Gasteiger partial charge on any atom is 0.276 e. The Hall–Kier alpha value is -2.76. The predicted molar refractivity (Wildman–Crippen MR) is 73.2 cm³/mol. The number of nitrogens with one attached hydrogen (secondary N) is 1. The molecule has 1 amide bonds. The number of hydrogen-bond donors (Lipinski definition) is 1. The van der Waals surface area contributed by atoms with Gasteiger partial charge in [-0.15, -0.1) is 5.10 Å². The largest absolute Gasteiger partial charge is 0.319 e. The van der Waals surface area contributed by atoms with Crippen molar-refractivity contribution in [2.75, 3.05) is 5.32 Å². The van der Waals surface area contributed by atoms with E-state index in [4.69, 9.17) is 0 Å². The molecule has 0 bridgehead atoms. The first kappa shape index (κ1) is 12.3. The maximum absolute atomic E-state index is 13.6. The summed E-state index contributed by atoms with van der Waals surface area (Å²) in [5.41, 5.74) is 1.70. The van der Waals surface area contributed by atoms with Crippen LogP contribution < -0.4 is 5.32 Å². The molecule has 0 atom stereocenters. The first-order valence-corrected chi connectivity index (χ1v) is 6.03. The van der Waals surface area contributed by atoms with Gasteiger partial charge in [0.05, 0.1) is 11.9 Å². The van der Waals surface area contributed by atoms with Gasteiger partial charge in [0, 0.05) is 11.1 Å². The lowest BCUT2D eigenvalue weighted by Gasteiger charge is -2.02. The lowest BCUT2D eigenvalue weighted by molar-refractivity contribution is 0.102. The highest BCUT2D eigenvalue weighted by molar-refractivity contribution is 6.11. The number of hydrogen-bond acceptors (Lipinski definition) is 3. The van der Waals surface area contributed by atoms with E-state index in [1.54, 1.807) is 42.6 Å². The molecule has 0 radical (unpaired) electrons. The van der Waals surface area contributed by atoms with Gasteiger partial charge in [0.15, 0.2) is 5.69 Å². The van der Waals surface area contributed by atoms with Gasteiger partial charge in [-0.1, -0.05) is 27.6 Å². The molecule has 1 aromatic carbocycles. The summed E-state index contributed by atoms with van der Waals surface area (Å²) in [6.07, 6.45) is 1.54. The van der Waals surface area contributed by atoms with E-state index in [9.17, 15) is 9.28 Å². The Bertz CT molecular complexity index is 779. The number of anilines is 1. The van der Waals surface area contributed by atoms with Crippen molar-refractivity contribution in [1.29, 1.82) is 0 Å². The third kappa shape index (κ3) is 2.11. The van der Waals surface area contributed by atoms with Crippen LogP contribution in [0.5, 0.6) is 0 Å². The topological polar surface area (TPSA) is 59.8 Å². The van der Waals surface area contributed by atoms with Crippen LogP contribution in [0.4, 0.5) is 10.2 Å². The minimum absolute atomic E-state index is 0.0451. The summed E-state index contributed by atoms with van der Waals surface area (Å²) in [7, 11) is 0. The molecule has 6 heteroatoms. The monoisotopic (exact) mass is 270 g/mol. The maximum atomic E-state index is 13.6. The summed E-state index contributed by atoms with van der Waals surface area (Å²) in [4.78, 5) is 16.4. The molecular weight excluding hydrogens is 259 g/mol. The molecule has 2 aromatic heterocycles. The predicted octanol–water partition coefficient (Wildman–Crippen LogP) is 2.72. The summed E-state index contributed by atoms with van der Waals surface area (Å²) < 4.78 is 13.6. The molecule has 20 heavy (non-hydrogen) atoms. The number of carbonyl (C=O) groups is 1. The number of benzene rings is 1. The quantitative estimate of drug-likeness (QED) is 0.778. The van der Waals surface area contributed by atoms with Gasteiger partial charge >= 0.3 is 0 Å². The van der Waals surface area contributed by atoms with Gasteiger partial charge in [0.2, 0.25) is 0 Å². The van der Waals surface area contributed by atoms with Crippen molar-refractivity contribution in [1.82, 2.24) is 15.0 Å². The lowest BCUT2D eigenvalue weighted by Crippen LogP contribution is -2.13. The number of rotatable bonds is 2. The number of carbonyl (C=O) groups excluding carboxylic acids is 1. The molecule has 100 valence electrons. The fourth-order valence-corrected chi connectivity index (χ4v) is 1.93. The van der Waals surface area contributed by atoms with E-state index in [1.807, 2.05) is 6.92 Å². The second kappa shape index (κ2) is 4.73. The minimum atomic E-state index is -0.469. The molecule has 0 saturated carbocycles. The van der Waals surface area contributed by atoms with Gasteiger partial charge in [-0.2, -0.15) is 0 Å². The van der Waals surface area contributed by atoms with Crippen LogP contribution in [0, 0.1) is 6.92 Å². The highest BCUT2D eigenvalue weighted by Gasteiger charge is 2.17. The van der Waals surface area contributed by atoms with Crippen LogP contribution in [-0.4, -0.2) is 20.9 Å². The number of nitrogens with zero attached hydrogens (tertiary/aromatic N) is 3. The van der Waals surface area contributed by atoms with Crippen molar-refractivity contribution in [3.8, 4) is 0 Å². The van der Waals surface area contributed by atoms with Crippen molar-refractivity contribution in [2.24, 2.45) is 0 Å². The molecule has 3 rings (SSSR count). The first-order chi connectivity index (χ1) is 9.65. The zero-order valence-corrected chi connectivity index (χ0v) is 10.7. The first-order valence-electron chi connectivity index (χ1n) is 6.03. The molecule has 0 aliphatic heterocycles. The lowest BCUT2D eigenvalue weighted by atomic mass is 10.2. The van der Waals surface area contributed by atoms with Gasteiger partial charge in [-0.3, -0.25) is 9.78 Å². The van der Waals surface area contributed by atoms with E-state index >= 15 is 0 Å². The molecule has 0 fully saturated rings. The van der Waals surface area contributed by atoms with E-state index in [0.717, 1.165) is 5.69 Å². The van der Waals surface area contributed by atoms with E-state index in [0.29, 0.717) is 11.1 Å². The van der Waals surface area contributed by atoms with E-state index in [1.165, 1.54) is 0 Å². The van der Waals surface area contributed by atoms with Crippen LogP contribution in [0.3, 0.4) is 0 Å². The number of fused-ring (bicyclic) bond motifs is 1. The van der Waals surface area contributed by atoms with Gasteiger partial charge in [-0.05, 0) is 25.1 Å². The fraction of sp³-hybridized carbons (Fsp3) is 0.0714. The van der Waals surface area contributed by atoms with Crippen LogP contribution in [-0.2, 0) is 0 Å². The van der Waals surface area contributed by atoms with E-state index in [2.05, 4.69) is 15.4 Å². The van der Waals surface area contributed by atoms with Crippen molar-refractivity contribution in [3.05, 3.63) is 54.0 Å². The van der Waals surface area contributed by atoms with E-state index < -0.39 is 5.91 Å². The second-order valence-electron chi connectivity index (χ2n) is 4.37. The second-order valence-corrected chi connectivity index (χ2v) is 4.37. The zero-order valence-electron chi connectivity index (χ0n) is 10.7. The Balaban J connectivity index is 1.95. The molecule has 1 N–H and O–H groups in total. The smallest absolute Gasteiger partial charge is 0.276 e. The van der Waals surface area contributed by atoms with Gasteiger partial charge < -0.3 is 5.32 Å². The number of pyridine rings is 1. The Morgan fingerprint density at radius 3 is 2.80 bits per heavy atom. The van der Waals surface area contributed by atoms with Crippen LogP contribution in [0.25, 0.3) is 10.9 Å². The number of halogens is 1. The summed E-state index contributed by atoms with van der Waals surface area (Å²) >= 11 is 0. The summed E-state index contributed by atoms with van der Waals surface area (Å²) in [5.74, 6) is -0.469. The van der Waals surface area contributed by atoms with E-state index in [-0.39, 0.29) is 16.1 Å². The summed E-state index contributed by atoms with van der Waals surface area (Å²) in [5, 5.41) is 6.73. The molecule has 3 aromatic rings. The number of amides is 1. The van der Waals surface area contributed by atoms with Gasteiger partial charge in [0.1, 0.15) is 5.52 Å². The SMILES string of the molecule is Cc1ccc(NC(=O)c2nn(F)c3ccccc23)cn1. The van der Waals surface area contributed by atoms with Crippen molar-refractivity contribution < 1.29 is 9.28 Å². The Morgan fingerprint density at radius 1 is 1.25 bits per heavy atom. The van der Waals surface area contributed by atoms with Gasteiger partial charge in [0.25, 0.3) is 5.91 Å². The number of aryl methyl sites for hydroxylation is 1. The summed E-state index contributed by atoms with van der Waals surface area (Å²) in [6.45, 7) is 1.85. The molecule has 0 aliphatic rings. The highest BCUT2D eigenvalue weighted by Crippen LogP contribution is 2.19. The normalized spacial score (nSPS) is 10.7. The Morgan fingerprint density at radius 2 is 2.05 bits per heavy atom. The van der Waals surface area contributed by atoms with Crippen molar-refractivity contribution >= 4 is 22.5 Å². The average Bonchev–Trinajstić information content (AvgIpc) is 2.79. The molecule has 0 saturated heterocycles. The molecule has 0 aliphatic carbocycles. The molecule has 2 heterocycles. The van der Waals surface area contributed by atoms with Crippen LogP contribution in [0.15, 0.2) is 42.6 Å². The fourth-order valence-electron chi connectivity index (χ4n) is 1.93. The Kier molecular flexibility index (Phi) is 2.90. The van der Waals surface area contributed by atoms with Crippen LogP contribution in [0.1, 0.15) is 16.2 Å². The molecule has 0 unspecified atom stereocenters. The third-order valence-electron chi connectivity index (χ3n) is 2.93. The van der Waals surface area contributed by atoms with Crippen LogP contribution in [0.2, 0.25) is 0 Å². The molecule has 5 nitrogen and oxygen atoms in total. The highest BCUT2D eigenvalue weighted by atomic mass is 19.2. The Labute approximate surface area is 114 Å². The van der Waals surface area contributed by atoms with Crippen molar-refractivity contribution in [3.63, 3.8) is 0 Å². The standard InChI is InChI=1S/C14H11FN4O/c1-9-6-7-10(8-16-9)17-14(20)13-11-4-2-3-5-12(11)19(15)18-13/h2-8H,1H3,(H,17,20). The van der Waals surface area contributed by atoms with Crippen molar-refractivity contribution in [2.45, 2.75) is 6.92 Å². The molecule has 0 spiro atoms. The van der Waals surface area contributed by atoms with Gasteiger partial charge in [-0.25, -0.2) is 0 Å². The van der Waals surface area contributed by atoms with Crippen LogP contribution >= 0.6 is 0 Å².